The maximum absolute atomic E-state index is 12.8. The third kappa shape index (κ3) is 4.40. The molecule has 1 amide bonds. The van der Waals surface area contributed by atoms with Gasteiger partial charge in [0.2, 0.25) is 5.95 Å². The molecule has 2 heterocycles. The Morgan fingerprint density at radius 2 is 2.13 bits per heavy atom. The Balaban J connectivity index is 2.22. The summed E-state index contributed by atoms with van der Waals surface area (Å²) < 4.78 is 23.3. The maximum atomic E-state index is 12.8. The van der Waals surface area contributed by atoms with Crippen molar-refractivity contribution in [2.45, 2.75) is 39.7 Å². The quantitative estimate of drug-likeness (QED) is 0.838. The summed E-state index contributed by atoms with van der Waals surface area (Å²) in [7, 11) is -3.03. The average Bonchev–Trinajstić information content (AvgIpc) is 2.85. The number of carbonyl (C=O) groups excluding carboxylic acids is 1. The molecule has 1 aliphatic heterocycles. The zero-order valence-electron chi connectivity index (χ0n) is 13.9. The Hall–Kier alpha value is -1.70. The third-order valence-corrected chi connectivity index (χ3v) is 5.61. The number of aryl methyl sites for hydroxylation is 1. The highest BCUT2D eigenvalue weighted by molar-refractivity contribution is 7.91. The minimum Gasteiger partial charge on any atom is -0.354 e. The van der Waals surface area contributed by atoms with Crippen molar-refractivity contribution < 1.29 is 13.2 Å². The van der Waals surface area contributed by atoms with Crippen molar-refractivity contribution in [1.29, 1.82) is 0 Å². The summed E-state index contributed by atoms with van der Waals surface area (Å²) in [4.78, 5) is 22.9. The zero-order valence-corrected chi connectivity index (χ0v) is 14.7. The van der Waals surface area contributed by atoms with E-state index in [0.29, 0.717) is 30.3 Å². The Kier molecular flexibility index (Phi) is 5.56. The Morgan fingerprint density at radius 3 is 2.70 bits per heavy atom. The second-order valence-electron chi connectivity index (χ2n) is 5.79. The lowest BCUT2D eigenvalue weighted by Crippen LogP contribution is -2.41. The molecule has 1 aromatic rings. The number of hydrogen-bond acceptors (Lipinski definition) is 6. The predicted octanol–water partition coefficient (Wildman–Crippen LogP) is 1.26. The van der Waals surface area contributed by atoms with E-state index in [4.69, 9.17) is 0 Å². The molecule has 23 heavy (non-hydrogen) atoms. The number of nitrogens with zero attached hydrogens (tertiary/aromatic N) is 3. The standard InChI is InChI=1S/C15H24N4O3S/c1-4-7-16-15-17-11(3)9-13(18-15)14(20)19(5-2)12-6-8-23(21,22)10-12/h9,12H,4-8,10H2,1-3H3,(H,16,17,18). The number of carbonyl (C=O) groups is 1. The van der Waals surface area contributed by atoms with Gasteiger partial charge >= 0.3 is 0 Å². The largest absolute Gasteiger partial charge is 0.354 e. The number of sulfone groups is 1. The van der Waals surface area contributed by atoms with Gasteiger partial charge in [0.25, 0.3) is 5.91 Å². The molecule has 1 atom stereocenters. The molecule has 0 bridgehead atoms. The number of amides is 1. The van der Waals surface area contributed by atoms with Crippen LogP contribution in [-0.4, -0.2) is 59.8 Å². The first kappa shape index (κ1) is 17.7. The van der Waals surface area contributed by atoms with E-state index in [1.54, 1.807) is 11.0 Å². The molecule has 0 aliphatic carbocycles. The maximum Gasteiger partial charge on any atom is 0.272 e. The molecule has 0 radical (unpaired) electrons. The van der Waals surface area contributed by atoms with E-state index < -0.39 is 9.84 Å². The van der Waals surface area contributed by atoms with Gasteiger partial charge < -0.3 is 10.2 Å². The van der Waals surface area contributed by atoms with Gasteiger partial charge in [-0.15, -0.1) is 0 Å². The number of hydrogen-bond donors (Lipinski definition) is 1. The molecule has 1 saturated heterocycles. The Labute approximate surface area is 137 Å². The fourth-order valence-electron chi connectivity index (χ4n) is 2.73. The van der Waals surface area contributed by atoms with Gasteiger partial charge in [-0.2, -0.15) is 0 Å². The van der Waals surface area contributed by atoms with Crippen LogP contribution >= 0.6 is 0 Å². The topological polar surface area (TPSA) is 92.3 Å². The molecule has 8 heteroatoms. The van der Waals surface area contributed by atoms with Gasteiger partial charge in [0, 0.05) is 24.8 Å². The van der Waals surface area contributed by atoms with E-state index in [2.05, 4.69) is 15.3 Å². The van der Waals surface area contributed by atoms with Crippen molar-refractivity contribution in [2.75, 3.05) is 29.9 Å². The van der Waals surface area contributed by atoms with Crippen molar-refractivity contribution >= 4 is 21.7 Å². The smallest absolute Gasteiger partial charge is 0.272 e. The summed E-state index contributed by atoms with van der Waals surface area (Å²) in [6.45, 7) is 6.89. The highest BCUT2D eigenvalue weighted by Crippen LogP contribution is 2.20. The summed E-state index contributed by atoms with van der Waals surface area (Å²) in [5, 5.41) is 3.08. The number of anilines is 1. The molecule has 7 nitrogen and oxygen atoms in total. The van der Waals surface area contributed by atoms with Gasteiger partial charge in [-0.3, -0.25) is 4.79 Å². The molecular formula is C15H24N4O3S. The summed E-state index contributed by atoms with van der Waals surface area (Å²) in [6.07, 6.45) is 1.43. The molecule has 2 rings (SSSR count). The lowest BCUT2D eigenvalue weighted by Gasteiger charge is -2.26. The molecule has 1 fully saturated rings. The van der Waals surface area contributed by atoms with E-state index >= 15 is 0 Å². The first-order chi connectivity index (χ1) is 10.9. The minimum absolute atomic E-state index is 0.0393. The molecule has 0 spiro atoms. The zero-order chi connectivity index (χ0) is 17.0. The van der Waals surface area contributed by atoms with Crippen molar-refractivity contribution in [2.24, 2.45) is 0 Å². The van der Waals surface area contributed by atoms with Crippen LogP contribution in [0.25, 0.3) is 0 Å². The SMILES string of the molecule is CCCNc1nc(C)cc(C(=O)N(CC)C2CCS(=O)(=O)C2)n1. The van der Waals surface area contributed by atoms with Crippen LogP contribution in [0.5, 0.6) is 0 Å². The lowest BCUT2D eigenvalue weighted by atomic mass is 10.2. The van der Waals surface area contributed by atoms with Gasteiger partial charge in [-0.25, -0.2) is 18.4 Å². The van der Waals surface area contributed by atoms with Crippen LogP contribution < -0.4 is 5.32 Å². The van der Waals surface area contributed by atoms with Gasteiger partial charge in [0.15, 0.2) is 9.84 Å². The van der Waals surface area contributed by atoms with Crippen LogP contribution in [-0.2, 0) is 9.84 Å². The molecule has 1 aromatic heterocycles. The van der Waals surface area contributed by atoms with Crippen LogP contribution in [0.15, 0.2) is 6.07 Å². The third-order valence-electron chi connectivity index (χ3n) is 3.86. The second kappa shape index (κ2) is 7.25. The second-order valence-corrected chi connectivity index (χ2v) is 8.02. The molecule has 1 aliphatic rings. The molecule has 0 aromatic carbocycles. The van der Waals surface area contributed by atoms with Crippen LogP contribution in [0.4, 0.5) is 5.95 Å². The molecule has 1 N–H and O–H groups in total. The van der Waals surface area contributed by atoms with E-state index in [0.717, 1.165) is 13.0 Å². The van der Waals surface area contributed by atoms with Crippen LogP contribution in [0.2, 0.25) is 0 Å². The molecule has 1 unspecified atom stereocenters. The van der Waals surface area contributed by atoms with Crippen molar-refractivity contribution in [3.63, 3.8) is 0 Å². The Bertz CT molecular complexity index is 675. The van der Waals surface area contributed by atoms with Crippen molar-refractivity contribution in [1.82, 2.24) is 14.9 Å². The van der Waals surface area contributed by atoms with Crippen LogP contribution in [0, 0.1) is 6.92 Å². The van der Waals surface area contributed by atoms with Gasteiger partial charge in [-0.05, 0) is 32.8 Å². The average molecular weight is 340 g/mol. The molecule has 0 saturated carbocycles. The highest BCUT2D eigenvalue weighted by atomic mass is 32.2. The number of nitrogens with one attached hydrogen (secondary N) is 1. The van der Waals surface area contributed by atoms with Crippen molar-refractivity contribution in [3.05, 3.63) is 17.5 Å². The first-order valence-electron chi connectivity index (χ1n) is 7.97. The Morgan fingerprint density at radius 1 is 1.39 bits per heavy atom. The number of rotatable bonds is 6. The fourth-order valence-corrected chi connectivity index (χ4v) is 4.46. The number of aromatic nitrogens is 2. The van der Waals surface area contributed by atoms with E-state index in [1.807, 2.05) is 20.8 Å². The van der Waals surface area contributed by atoms with Crippen LogP contribution in [0.1, 0.15) is 42.9 Å². The van der Waals surface area contributed by atoms with Gasteiger partial charge in [0.1, 0.15) is 5.69 Å². The summed E-state index contributed by atoms with van der Waals surface area (Å²) in [6, 6.07) is 1.38. The summed E-state index contributed by atoms with van der Waals surface area (Å²) in [5.41, 5.74) is 1.01. The first-order valence-corrected chi connectivity index (χ1v) is 9.79. The highest BCUT2D eigenvalue weighted by Gasteiger charge is 2.34. The van der Waals surface area contributed by atoms with Gasteiger partial charge in [-0.1, -0.05) is 6.92 Å². The minimum atomic E-state index is -3.03. The predicted molar refractivity (Wildman–Crippen MR) is 89.3 cm³/mol. The molecular weight excluding hydrogens is 316 g/mol. The summed E-state index contributed by atoms with van der Waals surface area (Å²) in [5.74, 6) is 0.385. The summed E-state index contributed by atoms with van der Waals surface area (Å²) >= 11 is 0. The fraction of sp³-hybridized carbons (Fsp3) is 0.667. The van der Waals surface area contributed by atoms with E-state index in [1.165, 1.54) is 0 Å². The van der Waals surface area contributed by atoms with E-state index in [-0.39, 0.29) is 23.5 Å². The lowest BCUT2D eigenvalue weighted by molar-refractivity contribution is 0.0702. The van der Waals surface area contributed by atoms with Gasteiger partial charge in [0.05, 0.1) is 11.5 Å². The van der Waals surface area contributed by atoms with Crippen LogP contribution in [0.3, 0.4) is 0 Å². The molecule has 128 valence electrons. The monoisotopic (exact) mass is 340 g/mol. The van der Waals surface area contributed by atoms with Crippen molar-refractivity contribution in [3.8, 4) is 0 Å². The normalized spacial score (nSPS) is 19.5. The van der Waals surface area contributed by atoms with E-state index in [9.17, 15) is 13.2 Å².